The van der Waals surface area contributed by atoms with Crippen molar-refractivity contribution in [3.63, 3.8) is 0 Å². The summed E-state index contributed by atoms with van der Waals surface area (Å²) in [5.41, 5.74) is 3.82. The molecule has 0 aliphatic carbocycles. The molecule has 3 rings (SSSR count). The molecule has 0 unspecified atom stereocenters. The van der Waals surface area contributed by atoms with Gasteiger partial charge in [-0.2, -0.15) is 0 Å². The highest BCUT2D eigenvalue weighted by Crippen LogP contribution is 2.23. The molecule has 0 aliphatic rings. The number of aromatic nitrogens is 1. The Hall–Kier alpha value is -3.06. The van der Waals surface area contributed by atoms with Crippen LogP contribution in [0.4, 0.5) is 11.5 Å². The van der Waals surface area contributed by atoms with Gasteiger partial charge in [0.2, 0.25) is 0 Å². The zero-order valence-electron chi connectivity index (χ0n) is 16.1. The minimum absolute atomic E-state index is 0.192. The number of hydrogen-bond donors (Lipinski definition) is 2. The molecule has 0 saturated carbocycles. The summed E-state index contributed by atoms with van der Waals surface area (Å²) in [4.78, 5) is 4.40. The Bertz CT molecular complexity index is 1060. The predicted octanol–water partition coefficient (Wildman–Crippen LogP) is 4.12. The summed E-state index contributed by atoms with van der Waals surface area (Å²) >= 11 is 0. The molecule has 0 saturated heterocycles. The van der Waals surface area contributed by atoms with Gasteiger partial charge in [0.25, 0.3) is 10.0 Å². The van der Waals surface area contributed by atoms with Crippen LogP contribution >= 0.6 is 0 Å². The van der Waals surface area contributed by atoms with E-state index in [9.17, 15) is 8.42 Å². The maximum absolute atomic E-state index is 12.6. The molecule has 2 aromatic carbocycles. The van der Waals surface area contributed by atoms with Crippen molar-refractivity contribution in [3.05, 3.63) is 77.5 Å². The average molecular weight is 398 g/mol. The Morgan fingerprint density at radius 1 is 1.00 bits per heavy atom. The first-order chi connectivity index (χ1) is 13.4. The van der Waals surface area contributed by atoms with E-state index in [1.54, 1.807) is 44.5 Å². The van der Waals surface area contributed by atoms with Crippen molar-refractivity contribution in [2.75, 3.05) is 17.1 Å². The molecule has 3 aromatic rings. The van der Waals surface area contributed by atoms with Crippen LogP contribution in [0.3, 0.4) is 0 Å². The lowest BCUT2D eigenvalue weighted by molar-refractivity contribution is 0.414. The number of methoxy groups -OCH3 is 1. The summed E-state index contributed by atoms with van der Waals surface area (Å²) in [6.45, 7) is 4.46. The second-order valence-electron chi connectivity index (χ2n) is 6.45. The van der Waals surface area contributed by atoms with E-state index in [0.29, 0.717) is 17.9 Å². The van der Waals surface area contributed by atoms with E-state index in [-0.39, 0.29) is 10.7 Å². The first-order valence-corrected chi connectivity index (χ1v) is 10.3. The van der Waals surface area contributed by atoms with Crippen LogP contribution in [0.5, 0.6) is 5.75 Å². The summed E-state index contributed by atoms with van der Waals surface area (Å²) in [6, 6.07) is 16.4. The van der Waals surface area contributed by atoms with Gasteiger partial charge in [-0.05, 0) is 60.9 Å². The first kappa shape index (κ1) is 19.7. The summed E-state index contributed by atoms with van der Waals surface area (Å²) in [7, 11) is -2.19. The van der Waals surface area contributed by atoms with Crippen LogP contribution in [0.15, 0.2) is 65.7 Å². The van der Waals surface area contributed by atoms with E-state index in [1.165, 1.54) is 17.2 Å². The molecule has 1 aromatic heterocycles. The Morgan fingerprint density at radius 3 is 2.43 bits per heavy atom. The predicted molar refractivity (Wildman–Crippen MR) is 111 cm³/mol. The first-order valence-electron chi connectivity index (χ1n) is 8.81. The molecule has 0 fully saturated rings. The molecule has 0 spiro atoms. The molecular weight excluding hydrogens is 374 g/mol. The second kappa shape index (κ2) is 8.31. The van der Waals surface area contributed by atoms with Gasteiger partial charge in [0, 0.05) is 6.54 Å². The topological polar surface area (TPSA) is 80.3 Å². The number of aryl methyl sites for hydroxylation is 2. The van der Waals surface area contributed by atoms with Gasteiger partial charge in [-0.1, -0.05) is 24.3 Å². The minimum atomic E-state index is -3.73. The van der Waals surface area contributed by atoms with Gasteiger partial charge in [-0.15, -0.1) is 0 Å². The van der Waals surface area contributed by atoms with Crippen molar-refractivity contribution in [3.8, 4) is 5.75 Å². The minimum Gasteiger partial charge on any atom is -0.497 e. The van der Waals surface area contributed by atoms with Crippen molar-refractivity contribution < 1.29 is 13.2 Å². The number of nitrogens with one attached hydrogen (secondary N) is 2. The van der Waals surface area contributed by atoms with Gasteiger partial charge in [-0.25, -0.2) is 13.4 Å². The van der Waals surface area contributed by atoms with Crippen LogP contribution < -0.4 is 14.8 Å². The number of ether oxygens (including phenoxy) is 1. The lowest BCUT2D eigenvalue weighted by Crippen LogP contribution is -2.15. The fourth-order valence-corrected chi connectivity index (χ4v) is 4.04. The Morgan fingerprint density at radius 2 is 1.79 bits per heavy atom. The highest BCUT2D eigenvalue weighted by molar-refractivity contribution is 7.92. The van der Waals surface area contributed by atoms with Crippen LogP contribution in [0.25, 0.3) is 0 Å². The third kappa shape index (κ3) is 4.61. The van der Waals surface area contributed by atoms with Crippen molar-refractivity contribution in [2.45, 2.75) is 25.3 Å². The summed E-state index contributed by atoms with van der Waals surface area (Å²) < 4.78 is 32.9. The molecule has 6 nitrogen and oxygen atoms in total. The van der Waals surface area contributed by atoms with Crippen LogP contribution in [0, 0.1) is 13.8 Å². The quantitative estimate of drug-likeness (QED) is 0.627. The molecule has 28 heavy (non-hydrogen) atoms. The number of pyridine rings is 1. The van der Waals surface area contributed by atoms with Crippen LogP contribution in [0.2, 0.25) is 0 Å². The van der Waals surface area contributed by atoms with Gasteiger partial charge in [0.05, 0.1) is 23.9 Å². The molecule has 0 atom stereocenters. The SMILES string of the molecule is COc1ccc(S(=O)(=O)Nc2ccc(NCc3ccccc3C)cn2)c(C)c1. The lowest BCUT2D eigenvalue weighted by atomic mass is 10.1. The van der Waals surface area contributed by atoms with Gasteiger partial charge >= 0.3 is 0 Å². The number of nitrogens with zero attached hydrogens (tertiary/aromatic N) is 1. The summed E-state index contributed by atoms with van der Waals surface area (Å²) in [5.74, 6) is 0.871. The van der Waals surface area contributed by atoms with E-state index >= 15 is 0 Å². The van der Waals surface area contributed by atoms with Crippen molar-refractivity contribution >= 4 is 21.5 Å². The van der Waals surface area contributed by atoms with E-state index in [1.807, 2.05) is 12.1 Å². The number of anilines is 2. The van der Waals surface area contributed by atoms with Gasteiger partial charge in [-0.3, -0.25) is 4.72 Å². The second-order valence-corrected chi connectivity index (χ2v) is 8.10. The van der Waals surface area contributed by atoms with Crippen LogP contribution in [-0.4, -0.2) is 20.5 Å². The smallest absolute Gasteiger partial charge is 0.263 e. The largest absolute Gasteiger partial charge is 0.497 e. The zero-order chi connectivity index (χ0) is 20.1. The van der Waals surface area contributed by atoms with Crippen molar-refractivity contribution in [1.29, 1.82) is 0 Å². The maximum Gasteiger partial charge on any atom is 0.263 e. The Kier molecular flexibility index (Phi) is 5.84. The molecule has 146 valence electrons. The third-order valence-corrected chi connectivity index (χ3v) is 5.93. The van der Waals surface area contributed by atoms with Gasteiger partial charge < -0.3 is 10.1 Å². The Labute approximate surface area is 165 Å². The summed E-state index contributed by atoms with van der Waals surface area (Å²) in [6.07, 6.45) is 1.61. The molecular formula is C21H23N3O3S. The third-order valence-electron chi connectivity index (χ3n) is 4.42. The van der Waals surface area contributed by atoms with E-state index in [4.69, 9.17) is 4.74 Å². The fraction of sp³-hybridized carbons (Fsp3) is 0.190. The van der Waals surface area contributed by atoms with Gasteiger partial charge in [0.1, 0.15) is 11.6 Å². The molecule has 2 N–H and O–H groups in total. The molecule has 0 amide bonds. The fourth-order valence-electron chi connectivity index (χ4n) is 2.81. The van der Waals surface area contributed by atoms with E-state index in [0.717, 1.165) is 5.69 Å². The van der Waals surface area contributed by atoms with E-state index in [2.05, 4.69) is 34.1 Å². The number of hydrogen-bond acceptors (Lipinski definition) is 5. The summed E-state index contributed by atoms with van der Waals surface area (Å²) in [5, 5.41) is 3.29. The number of sulfonamides is 1. The monoisotopic (exact) mass is 397 g/mol. The van der Waals surface area contributed by atoms with E-state index < -0.39 is 10.0 Å². The number of rotatable bonds is 7. The average Bonchev–Trinajstić information content (AvgIpc) is 2.68. The molecule has 1 heterocycles. The normalized spacial score (nSPS) is 11.1. The lowest BCUT2D eigenvalue weighted by Gasteiger charge is -2.12. The molecule has 7 heteroatoms. The van der Waals surface area contributed by atoms with Crippen LogP contribution in [-0.2, 0) is 16.6 Å². The number of benzene rings is 2. The van der Waals surface area contributed by atoms with Gasteiger partial charge in [0.15, 0.2) is 0 Å². The molecule has 0 aliphatic heterocycles. The zero-order valence-corrected chi connectivity index (χ0v) is 16.9. The van der Waals surface area contributed by atoms with Crippen molar-refractivity contribution in [2.24, 2.45) is 0 Å². The maximum atomic E-state index is 12.6. The molecule has 0 bridgehead atoms. The van der Waals surface area contributed by atoms with Crippen molar-refractivity contribution in [1.82, 2.24) is 4.98 Å². The Balaban J connectivity index is 1.69. The standard InChI is InChI=1S/C21H23N3O3S/c1-15-6-4-5-7-17(15)13-22-18-8-11-21(23-14-18)24-28(25,26)20-10-9-19(27-3)12-16(20)2/h4-12,14,22H,13H2,1-3H3,(H,23,24). The van der Waals surface area contributed by atoms with Crippen LogP contribution in [0.1, 0.15) is 16.7 Å². The highest BCUT2D eigenvalue weighted by Gasteiger charge is 2.18. The molecule has 0 radical (unpaired) electrons. The highest BCUT2D eigenvalue weighted by atomic mass is 32.2.